The molecule has 8 nitrogen and oxygen atoms in total. The molecule has 1 aliphatic rings. The number of carboxylic acid groups (broad SMARTS) is 2. The van der Waals surface area contributed by atoms with Gasteiger partial charge in [0.2, 0.25) is 5.91 Å². The summed E-state index contributed by atoms with van der Waals surface area (Å²) in [4.78, 5) is 34.6. The third-order valence-corrected chi connectivity index (χ3v) is 4.21. The molecule has 0 unspecified atom stereocenters. The Kier molecular flexibility index (Phi) is 6.29. The molecule has 0 saturated carbocycles. The predicted octanol–water partition coefficient (Wildman–Crippen LogP) is 0.790. The number of rotatable bonds is 4. The van der Waals surface area contributed by atoms with Crippen LogP contribution in [0.3, 0.4) is 0 Å². The van der Waals surface area contributed by atoms with Gasteiger partial charge in [-0.1, -0.05) is 0 Å². The van der Waals surface area contributed by atoms with Crippen molar-refractivity contribution in [3.8, 4) is 0 Å². The zero-order valence-corrected chi connectivity index (χ0v) is 14.1. The molecule has 3 rings (SSSR count). The van der Waals surface area contributed by atoms with E-state index in [-0.39, 0.29) is 30.7 Å². The fraction of sp³-hybridized carbons (Fsp3) is 0.353. The van der Waals surface area contributed by atoms with Crippen LogP contribution >= 0.6 is 0 Å². The summed E-state index contributed by atoms with van der Waals surface area (Å²) in [7, 11) is 0. The van der Waals surface area contributed by atoms with E-state index in [1.807, 2.05) is 6.92 Å². The summed E-state index contributed by atoms with van der Waals surface area (Å²) >= 11 is 0. The molecule has 2 aromatic rings. The van der Waals surface area contributed by atoms with E-state index in [4.69, 9.17) is 15.0 Å². The van der Waals surface area contributed by atoms with Crippen molar-refractivity contribution in [2.45, 2.75) is 31.8 Å². The first-order valence-corrected chi connectivity index (χ1v) is 7.95. The minimum atomic E-state index is -0.912. The van der Waals surface area contributed by atoms with Crippen LogP contribution in [-0.2, 0) is 20.8 Å². The van der Waals surface area contributed by atoms with Gasteiger partial charge in [-0.15, -0.1) is 0 Å². The first-order valence-electron chi connectivity index (χ1n) is 7.95. The Morgan fingerprint density at radius 3 is 2.73 bits per heavy atom. The lowest BCUT2D eigenvalue weighted by atomic mass is 10.1. The van der Waals surface area contributed by atoms with Gasteiger partial charge < -0.3 is 25.8 Å². The van der Waals surface area contributed by atoms with Crippen molar-refractivity contribution in [1.29, 1.82) is 0 Å². The van der Waals surface area contributed by atoms with Crippen LogP contribution in [0.1, 0.15) is 17.7 Å². The fourth-order valence-electron chi connectivity index (χ4n) is 3.06. The second-order valence-electron chi connectivity index (χ2n) is 6.00. The van der Waals surface area contributed by atoms with Gasteiger partial charge in [0, 0.05) is 29.2 Å². The maximum atomic E-state index is 13.4. The number of hydrogen-bond acceptors (Lipinski definition) is 4. The molecule has 1 fully saturated rings. The molecule has 2 heterocycles. The third-order valence-electron chi connectivity index (χ3n) is 4.21. The molecular weight excluding hydrogens is 345 g/mol. The van der Waals surface area contributed by atoms with Crippen LogP contribution in [0.2, 0.25) is 0 Å². The van der Waals surface area contributed by atoms with Crippen molar-refractivity contribution in [2.24, 2.45) is 0 Å². The van der Waals surface area contributed by atoms with Crippen LogP contribution in [0.5, 0.6) is 0 Å². The Morgan fingerprint density at radius 1 is 1.42 bits per heavy atom. The highest BCUT2D eigenvalue weighted by Crippen LogP contribution is 2.23. The molecule has 1 aromatic carbocycles. The number of halogens is 1. The van der Waals surface area contributed by atoms with Crippen LogP contribution in [0.25, 0.3) is 10.9 Å². The number of aromatic amines is 1. The number of aromatic nitrogens is 1. The number of nitrogens with one attached hydrogen (secondary N) is 3. The maximum absolute atomic E-state index is 13.4. The standard InChI is InChI=1S/C16H18FN3O3.CH2O2/c1-8-11(12-4-9(17)2-3-13(12)19-8)6-15(21)20-10-5-14(16(22)23)18-7-10;2-1-3/h2-4,10,14,18-19H,5-7H2,1H3,(H,20,21)(H,22,23);1H,(H,2,3)/t10-,14-;/m0./s1. The number of carbonyl (C=O) groups is 3. The number of fused-ring (bicyclic) bond motifs is 1. The predicted molar refractivity (Wildman–Crippen MR) is 91.4 cm³/mol. The lowest BCUT2D eigenvalue weighted by molar-refractivity contribution is -0.139. The summed E-state index contributed by atoms with van der Waals surface area (Å²) in [6.45, 7) is 2.03. The van der Waals surface area contributed by atoms with E-state index in [0.29, 0.717) is 18.4 Å². The van der Waals surface area contributed by atoms with Gasteiger partial charge in [-0.3, -0.25) is 14.4 Å². The second-order valence-corrected chi connectivity index (χ2v) is 6.00. The normalized spacial score (nSPS) is 18.8. The van der Waals surface area contributed by atoms with Gasteiger partial charge in [0.25, 0.3) is 6.47 Å². The highest BCUT2D eigenvalue weighted by molar-refractivity contribution is 5.90. The van der Waals surface area contributed by atoms with E-state index in [1.165, 1.54) is 12.1 Å². The van der Waals surface area contributed by atoms with Crippen LogP contribution < -0.4 is 10.6 Å². The molecule has 1 amide bonds. The number of aryl methyl sites for hydroxylation is 1. The van der Waals surface area contributed by atoms with Crippen molar-refractivity contribution in [2.75, 3.05) is 6.54 Å². The van der Waals surface area contributed by atoms with E-state index in [0.717, 1.165) is 16.8 Å². The third kappa shape index (κ3) is 4.57. The van der Waals surface area contributed by atoms with E-state index >= 15 is 0 Å². The van der Waals surface area contributed by atoms with Gasteiger partial charge in [-0.25, -0.2) is 4.39 Å². The van der Waals surface area contributed by atoms with E-state index in [9.17, 15) is 14.0 Å². The first kappa shape index (κ1) is 19.4. The Hall–Kier alpha value is -2.94. The molecule has 1 aromatic heterocycles. The fourth-order valence-corrected chi connectivity index (χ4v) is 3.06. The molecular formula is C17H20FN3O5. The molecule has 26 heavy (non-hydrogen) atoms. The average Bonchev–Trinajstić information content (AvgIpc) is 3.14. The van der Waals surface area contributed by atoms with Crippen LogP contribution in [0.4, 0.5) is 4.39 Å². The molecule has 0 bridgehead atoms. The molecule has 5 N–H and O–H groups in total. The molecule has 0 radical (unpaired) electrons. The number of H-pyrrole nitrogens is 1. The van der Waals surface area contributed by atoms with Gasteiger partial charge in [-0.05, 0) is 37.1 Å². The summed E-state index contributed by atoms with van der Waals surface area (Å²) in [5.74, 6) is -1.46. The summed E-state index contributed by atoms with van der Waals surface area (Å²) in [6.07, 6.45) is 0.492. The van der Waals surface area contributed by atoms with Gasteiger partial charge in [0.15, 0.2) is 0 Å². The molecule has 0 spiro atoms. The van der Waals surface area contributed by atoms with Crippen molar-refractivity contribution in [3.05, 3.63) is 35.3 Å². The lowest BCUT2D eigenvalue weighted by Gasteiger charge is -2.11. The van der Waals surface area contributed by atoms with Crippen molar-refractivity contribution in [1.82, 2.24) is 15.6 Å². The second kappa shape index (κ2) is 8.43. The number of amides is 1. The van der Waals surface area contributed by atoms with Gasteiger partial charge in [0.1, 0.15) is 11.9 Å². The van der Waals surface area contributed by atoms with Crippen molar-refractivity contribution >= 4 is 29.3 Å². The number of carboxylic acids is 1. The zero-order chi connectivity index (χ0) is 19.3. The Balaban J connectivity index is 0.000000758. The number of benzene rings is 1. The van der Waals surface area contributed by atoms with Crippen LogP contribution in [0.15, 0.2) is 18.2 Å². The van der Waals surface area contributed by atoms with E-state index in [2.05, 4.69) is 15.6 Å². The van der Waals surface area contributed by atoms with E-state index in [1.54, 1.807) is 6.07 Å². The van der Waals surface area contributed by atoms with Crippen molar-refractivity contribution in [3.63, 3.8) is 0 Å². The smallest absolute Gasteiger partial charge is 0.320 e. The van der Waals surface area contributed by atoms with Crippen LogP contribution in [-0.4, -0.2) is 52.2 Å². The zero-order valence-electron chi connectivity index (χ0n) is 14.1. The molecule has 1 saturated heterocycles. The minimum absolute atomic E-state index is 0.128. The highest BCUT2D eigenvalue weighted by atomic mass is 19.1. The molecule has 9 heteroatoms. The van der Waals surface area contributed by atoms with Gasteiger partial charge in [0.05, 0.1) is 6.42 Å². The lowest BCUT2D eigenvalue weighted by Crippen LogP contribution is -2.37. The molecule has 0 aliphatic carbocycles. The number of hydrogen-bond donors (Lipinski definition) is 5. The largest absolute Gasteiger partial charge is 0.483 e. The summed E-state index contributed by atoms with van der Waals surface area (Å²) in [6, 6.07) is 3.62. The SMILES string of the molecule is Cc1[nH]c2ccc(F)cc2c1CC(=O)N[C@@H]1CN[C@H](C(=O)O)C1.O=CO. The summed E-state index contributed by atoms with van der Waals surface area (Å²) in [5.41, 5.74) is 2.38. The highest BCUT2D eigenvalue weighted by Gasteiger charge is 2.30. The molecule has 2 atom stereocenters. The Bertz CT molecular complexity index is 820. The van der Waals surface area contributed by atoms with Gasteiger partial charge in [-0.2, -0.15) is 0 Å². The molecule has 140 valence electrons. The topological polar surface area (TPSA) is 132 Å². The van der Waals surface area contributed by atoms with Crippen LogP contribution in [0, 0.1) is 12.7 Å². The summed E-state index contributed by atoms with van der Waals surface area (Å²) < 4.78 is 13.4. The first-order chi connectivity index (χ1) is 12.3. The summed E-state index contributed by atoms with van der Waals surface area (Å²) in [5, 5.41) is 22.2. The minimum Gasteiger partial charge on any atom is -0.483 e. The number of aliphatic carboxylic acids is 1. The quantitative estimate of drug-likeness (QED) is 0.509. The maximum Gasteiger partial charge on any atom is 0.320 e. The monoisotopic (exact) mass is 365 g/mol. The van der Waals surface area contributed by atoms with Gasteiger partial charge >= 0.3 is 5.97 Å². The molecule has 1 aliphatic heterocycles. The number of carbonyl (C=O) groups excluding carboxylic acids is 1. The van der Waals surface area contributed by atoms with Crippen molar-refractivity contribution < 1.29 is 29.0 Å². The Morgan fingerprint density at radius 2 is 2.12 bits per heavy atom. The average molecular weight is 365 g/mol. The Labute approximate surface area is 148 Å². The van der Waals surface area contributed by atoms with E-state index < -0.39 is 12.0 Å².